The Balaban J connectivity index is 2.00. The highest BCUT2D eigenvalue weighted by atomic mass is 35.5. The van der Waals surface area contributed by atoms with Crippen molar-refractivity contribution in [2.45, 2.75) is 6.61 Å². The number of aromatic nitrogens is 3. The highest BCUT2D eigenvalue weighted by molar-refractivity contribution is 6.33. The summed E-state index contributed by atoms with van der Waals surface area (Å²) in [7, 11) is 1.65. The van der Waals surface area contributed by atoms with Gasteiger partial charge in [0.25, 0.3) is 0 Å². The summed E-state index contributed by atoms with van der Waals surface area (Å²) in [5, 5.41) is 6.10. The predicted octanol–water partition coefficient (Wildman–Crippen LogP) is 5.52. The van der Waals surface area contributed by atoms with Gasteiger partial charge in [0.05, 0.1) is 23.6 Å². The zero-order valence-corrected chi connectivity index (χ0v) is 15.5. The topological polar surface area (TPSA) is 39.4 Å². The molecule has 2 aromatic carbocycles. The van der Waals surface area contributed by atoms with Crippen LogP contribution in [-0.2, 0) is 11.3 Å². The van der Waals surface area contributed by atoms with Crippen LogP contribution in [0.25, 0.3) is 28.0 Å². The quantitative estimate of drug-likeness (QED) is 0.465. The molecule has 0 radical (unpaired) electrons. The second-order valence-electron chi connectivity index (χ2n) is 5.81. The van der Waals surface area contributed by atoms with Crippen LogP contribution in [0.1, 0.15) is 5.69 Å². The van der Waals surface area contributed by atoms with Gasteiger partial charge in [-0.15, -0.1) is 0 Å². The summed E-state index contributed by atoms with van der Waals surface area (Å²) in [4.78, 5) is 4.57. The van der Waals surface area contributed by atoms with Crippen molar-refractivity contribution in [2.24, 2.45) is 0 Å². The molecule has 0 saturated heterocycles. The standard InChI is InChI=1S/C20H15Cl2N3O/c1-26-12-17-19(13-6-8-14(21)9-7-13)20-23-11-10-18(25(20)24-17)15-4-2-3-5-16(15)22/h2-11H,12H2,1H3. The van der Waals surface area contributed by atoms with Gasteiger partial charge in [-0.1, -0.05) is 53.5 Å². The Hall–Kier alpha value is -2.40. The molecule has 0 aliphatic carbocycles. The SMILES string of the molecule is COCc1nn2c(-c3ccccc3Cl)ccnc2c1-c1ccc(Cl)cc1. The summed E-state index contributed by atoms with van der Waals surface area (Å²) >= 11 is 12.4. The van der Waals surface area contributed by atoms with Crippen molar-refractivity contribution in [2.75, 3.05) is 7.11 Å². The highest BCUT2D eigenvalue weighted by Gasteiger charge is 2.19. The average molecular weight is 384 g/mol. The molecule has 2 heterocycles. The van der Waals surface area contributed by atoms with Gasteiger partial charge in [0.2, 0.25) is 0 Å². The van der Waals surface area contributed by atoms with Gasteiger partial charge >= 0.3 is 0 Å². The molecule has 26 heavy (non-hydrogen) atoms. The minimum atomic E-state index is 0.378. The van der Waals surface area contributed by atoms with Crippen LogP contribution in [-0.4, -0.2) is 21.7 Å². The number of nitrogens with zero attached hydrogens (tertiary/aromatic N) is 3. The van der Waals surface area contributed by atoms with Crippen LogP contribution in [0, 0.1) is 0 Å². The Morgan fingerprint density at radius 1 is 1.00 bits per heavy atom. The summed E-state index contributed by atoms with van der Waals surface area (Å²) in [6.45, 7) is 0.378. The number of fused-ring (bicyclic) bond motifs is 1. The first-order valence-electron chi connectivity index (χ1n) is 8.05. The fourth-order valence-electron chi connectivity index (χ4n) is 3.01. The molecule has 0 bridgehead atoms. The maximum Gasteiger partial charge on any atom is 0.163 e. The van der Waals surface area contributed by atoms with Gasteiger partial charge in [-0.3, -0.25) is 0 Å². The molecule has 6 heteroatoms. The number of rotatable bonds is 4. The van der Waals surface area contributed by atoms with Gasteiger partial charge in [-0.2, -0.15) is 5.10 Å². The first kappa shape index (κ1) is 17.0. The van der Waals surface area contributed by atoms with Crippen LogP contribution < -0.4 is 0 Å². The molecule has 0 aliphatic rings. The Bertz CT molecular complexity index is 1070. The first-order valence-corrected chi connectivity index (χ1v) is 8.81. The van der Waals surface area contributed by atoms with E-state index in [1.54, 1.807) is 13.3 Å². The Morgan fingerprint density at radius 2 is 1.77 bits per heavy atom. The summed E-state index contributed by atoms with van der Waals surface area (Å²) in [6, 6.07) is 17.2. The minimum Gasteiger partial charge on any atom is -0.378 e. The van der Waals surface area contributed by atoms with E-state index in [9.17, 15) is 0 Å². The number of benzene rings is 2. The maximum atomic E-state index is 6.40. The van der Waals surface area contributed by atoms with E-state index in [0.29, 0.717) is 16.7 Å². The average Bonchev–Trinajstić information content (AvgIpc) is 3.01. The lowest BCUT2D eigenvalue weighted by atomic mass is 10.1. The lowest BCUT2D eigenvalue weighted by molar-refractivity contribution is 0.181. The monoisotopic (exact) mass is 383 g/mol. The Kier molecular flexibility index (Phi) is 4.64. The molecule has 0 amide bonds. The molecule has 0 spiro atoms. The van der Waals surface area contributed by atoms with Crippen molar-refractivity contribution in [1.29, 1.82) is 0 Å². The van der Waals surface area contributed by atoms with E-state index < -0.39 is 0 Å². The third-order valence-corrected chi connectivity index (χ3v) is 4.74. The van der Waals surface area contributed by atoms with E-state index in [2.05, 4.69) is 4.98 Å². The van der Waals surface area contributed by atoms with E-state index in [4.69, 9.17) is 33.0 Å². The summed E-state index contributed by atoms with van der Waals surface area (Å²) in [6.07, 6.45) is 1.77. The third-order valence-electron chi connectivity index (χ3n) is 4.15. The maximum absolute atomic E-state index is 6.40. The molecule has 130 valence electrons. The number of hydrogen-bond acceptors (Lipinski definition) is 3. The summed E-state index contributed by atoms with van der Waals surface area (Å²) in [5.74, 6) is 0. The van der Waals surface area contributed by atoms with E-state index in [0.717, 1.165) is 33.7 Å². The predicted molar refractivity (Wildman–Crippen MR) is 105 cm³/mol. The number of halogens is 2. The molecule has 2 aromatic heterocycles. The molecule has 0 fully saturated rings. The molecular weight excluding hydrogens is 369 g/mol. The highest BCUT2D eigenvalue weighted by Crippen LogP contribution is 2.33. The minimum absolute atomic E-state index is 0.378. The van der Waals surface area contributed by atoms with E-state index in [-0.39, 0.29) is 0 Å². The molecule has 0 N–H and O–H groups in total. The van der Waals surface area contributed by atoms with Crippen LogP contribution in [0.5, 0.6) is 0 Å². The van der Waals surface area contributed by atoms with Crippen molar-refractivity contribution in [3.63, 3.8) is 0 Å². The van der Waals surface area contributed by atoms with Crippen LogP contribution in [0.2, 0.25) is 10.0 Å². The van der Waals surface area contributed by atoms with E-state index in [1.807, 2.05) is 59.1 Å². The van der Waals surface area contributed by atoms with Crippen molar-refractivity contribution in [3.05, 3.63) is 76.5 Å². The molecule has 0 saturated carbocycles. The fourth-order valence-corrected chi connectivity index (χ4v) is 3.37. The summed E-state index contributed by atoms with van der Waals surface area (Å²) in [5.41, 5.74) is 5.24. The van der Waals surface area contributed by atoms with Gasteiger partial charge in [0.1, 0.15) is 0 Å². The zero-order chi connectivity index (χ0) is 18.1. The van der Waals surface area contributed by atoms with Gasteiger partial charge < -0.3 is 4.74 Å². The van der Waals surface area contributed by atoms with Crippen LogP contribution in [0.3, 0.4) is 0 Å². The first-order chi connectivity index (χ1) is 12.7. The lowest BCUT2D eigenvalue weighted by Gasteiger charge is -2.07. The largest absolute Gasteiger partial charge is 0.378 e. The van der Waals surface area contributed by atoms with Crippen molar-refractivity contribution in [1.82, 2.24) is 14.6 Å². The molecule has 4 nitrogen and oxygen atoms in total. The Labute approximate surface area is 161 Å². The van der Waals surface area contributed by atoms with Crippen molar-refractivity contribution >= 4 is 28.8 Å². The zero-order valence-electron chi connectivity index (χ0n) is 14.0. The third kappa shape index (κ3) is 2.97. The Morgan fingerprint density at radius 3 is 2.50 bits per heavy atom. The molecule has 4 rings (SSSR count). The lowest BCUT2D eigenvalue weighted by Crippen LogP contribution is -1.97. The van der Waals surface area contributed by atoms with E-state index in [1.165, 1.54) is 0 Å². The molecule has 4 aromatic rings. The second-order valence-corrected chi connectivity index (χ2v) is 6.65. The molecule has 0 atom stereocenters. The number of methoxy groups -OCH3 is 1. The van der Waals surface area contributed by atoms with Crippen molar-refractivity contribution < 1.29 is 4.74 Å². The fraction of sp³-hybridized carbons (Fsp3) is 0.100. The number of hydrogen-bond donors (Lipinski definition) is 0. The molecule has 0 unspecified atom stereocenters. The normalized spacial score (nSPS) is 11.2. The van der Waals surface area contributed by atoms with Gasteiger partial charge in [0.15, 0.2) is 5.65 Å². The smallest absolute Gasteiger partial charge is 0.163 e. The van der Waals surface area contributed by atoms with Crippen LogP contribution in [0.15, 0.2) is 60.8 Å². The molecular formula is C20H15Cl2N3O. The summed E-state index contributed by atoms with van der Waals surface area (Å²) < 4.78 is 7.18. The van der Waals surface area contributed by atoms with Gasteiger partial charge in [-0.05, 0) is 29.8 Å². The van der Waals surface area contributed by atoms with Gasteiger partial charge in [0, 0.05) is 28.9 Å². The molecule has 0 aliphatic heterocycles. The number of ether oxygens (including phenoxy) is 1. The van der Waals surface area contributed by atoms with Gasteiger partial charge in [-0.25, -0.2) is 9.50 Å². The second kappa shape index (κ2) is 7.08. The van der Waals surface area contributed by atoms with Crippen LogP contribution >= 0.6 is 23.2 Å². The van der Waals surface area contributed by atoms with E-state index >= 15 is 0 Å². The van der Waals surface area contributed by atoms with Crippen molar-refractivity contribution in [3.8, 4) is 22.4 Å². The van der Waals surface area contributed by atoms with Crippen LogP contribution in [0.4, 0.5) is 0 Å².